The zero-order valence-electron chi connectivity index (χ0n) is 14.2. The van der Waals surface area contributed by atoms with E-state index in [2.05, 4.69) is 15.6 Å². The maximum Gasteiger partial charge on any atom is 0.328 e. The van der Waals surface area contributed by atoms with Crippen molar-refractivity contribution >= 4 is 11.8 Å². The van der Waals surface area contributed by atoms with Crippen LogP contribution in [0.2, 0.25) is 0 Å². The first-order chi connectivity index (χ1) is 12.4. The zero-order valence-corrected chi connectivity index (χ0v) is 14.2. The third-order valence-corrected chi connectivity index (χ3v) is 3.65. The fraction of sp³-hybridized carbons (Fsp3) is 0.294. The van der Waals surface area contributed by atoms with E-state index in [9.17, 15) is 24.3 Å². The summed E-state index contributed by atoms with van der Waals surface area (Å²) in [5, 5.41) is 14.3. The minimum Gasteiger partial charge on any atom is -0.394 e. The molecule has 0 fully saturated rings. The quantitative estimate of drug-likeness (QED) is 0.484. The van der Waals surface area contributed by atoms with Crippen molar-refractivity contribution in [1.82, 2.24) is 20.2 Å². The zero-order chi connectivity index (χ0) is 19.1. The van der Waals surface area contributed by atoms with Crippen molar-refractivity contribution in [2.24, 2.45) is 0 Å². The number of benzene rings is 1. The monoisotopic (exact) mass is 360 g/mol. The van der Waals surface area contributed by atoms with Crippen molar-refractivity contribution < 1.29 is 14.7 Å². The first-order valence-corrected chi connectivity index (χ1v) is 7.93. The number of rotatable bonds is 7. The van der Waals surface area contributed by atoms with Gasteiger partial charge in [-0.3, -0.25) is 23.9 Å². The van der Waals surface area contributed by atoms with Crippen molar-refractivity contribution in [2.45, 2.75) is 26.1 Å². The van der Waals surface area contributed by atoms with Crippen LogP contribution in [0.15, 0.2) is 46.1 Å². The predicted molar refractivity (Wildman–Crippen MR) is 93.4 cm³/mol. The maximum absolute atomic E-state index is 12.1. The van der Waals surface area contributed by atoms with Gasteiger partial charge in [0.05, 0.1) is 6.61 Å². The van der Waals surface area contributed by atoms with Gasteiger partial charge in [-0.15, -0.1) is 0 Å². The van der Waals surface area contributed by atoms with Crippen LogP contribution in [0.5, 0.6) is 0 Å². The highest BCUT2D eigenvalue weighted by Gasteiger charge is 2.20. The largest absolute Gasteiger partial charge is 0.394 e. The summed E-state index contributed by atoms with van der Waals surface area (Å²) < 4.78 is 1.02. The number of amides is 2. The number of H-pyrrole nitrogens is 1. The topological polar surface area (TPSA) is 133 Å². The summed E-state index contributed by atoms with van der Waals surface area (Å²) in [5.74, 6) is -1.19. The minimum atomic E-state index is -1.15. The summed E-state index contributed by atoms with van der Waals surface area (Å²) in [6.45, 7) is 0.773. The van der Waals surface area contributed by atoms with Crippen molar-refractivity contribution in [1.29, 1.82) is 0 Å². The van der Waals surface area contributed by atoms with Gasteiger partial charge in [0.15, 0.2) is 0 Å². The van der Waals surface area contributed by atoms with E-state index in [1.807, 2.05) is 30.3 Å². The number of aliphatic hydroxyl groups excluding tert-OH is 1. The molecule has 2 amide bonds. The van der Waals surface area contributed by atoms with Gasteiger partial charge >= 0.3 is 5.69 Å². The van der Waals surface area contributed by atoms with Gasteiger partial charge in [0.25, 0.3) is 5.56 Å². The van der Waals surface area contributed by atoms with Gasteiger partial charge in [0, 0.05) is 18.3 Å². The molecule has 0 radical (unpaired) electrons. The fourth-order valence-electron chi connectivity index (χ4n) is 2.23. The maximum atomic E-state index is 12.1. The van der Waals surface area contributed by atoms with Gasteiger partial charge in [-0.2, -0.15) is 0 Å². The minimum absolute atomic E-state index is 0.255. The lowest BCUT2D eigenvalue weighted by Gasteiger charge is -2.16. The number of aliphatic hydroxyl groups is 1. The molecule has 0 saturated heterocycles. The number of hydrogen-bond acceptors (Lipinski definition) is 5. The molecule has 1 heterocycles. The molecule has 0 spiro atoms. The number of nitrogens with one attached hydrogen (secondary N) is 3. The first-order valence-electron chi connectivity index (χ1n) is 7.93. The summed E-state index contributed by atoms with van der Waals surface area (Å²) in [5.41, 5.74) is -0.110. The molecule has 1 atom stereocenters. The molecule has 26 heavy (non-hydrogen) atoms. The summed E-state index contributed by atoms with van der Waals surface area (Å²) in [6, 6.07) is 8.02. The summed E-state index contributed by atoms with van der Waals surface area (Å²) >= 11 is 0. The van der Waals surface area contributed by atoms with E-state index in [1.165, 1.54) is 13.1 Å². The van der Waals surface area contributed by atoms with Gasteiger partial charge in [-0.25, -0.2) is 4.79 Å². The Morgan fingerprint density at radius 3 is 2.58 bits per heavy atom. The fourth-order valence-corrected chi connectivity index (χ4v) is 2.23. The summed E-state index contributed by atoms with van der Waals surface area (Å²) in [4.78, 5) is 49.2. The van der Waals surface area contributed by atoms with Crippen LogP contribution in [0, 0.1) is 6.92 Å². The Morgan fingerprint density at radius 2 is 1.92 bits per heavy atom. The first kappa shape index (κ1) is 19.1. The van der Waals surface area contributed by atoms with E-state index in [1.54, 1.807) is 0 Å². The molecule has 0 aliphatic carbocycles. The van der Waals surface area contributed by atoms with Crippen LogP contribution >= 0.6 is 0 Å². The van der Waals surface area contributed by atoms with Crippen LogP contribution in [0.1, 0.15) is 11.1 Å². The number of carbonyl (C=O) groups excluding carboxylic acids is 2. The van der Waals surface area contributed by atoms with Gasteiger partial charge < -0.3 is 15.7 Å². The molecule has 0 aliphatic rings. The van der Waals surface area contributed by atoms with Gasteiger partial charge in [-0.1, -0.05) is 30.3 Å². The van der Waals surface area contributed by atoms with E-state index in [4.69, 9.17) is 0 Å². The number of aromatic amines is 1. The average Bonchev–Trinajstić information content (AvgIpc) is 2.63. The molecule has 2 aromatic rings. The predicted octanol–water partition coefficient (Wildman–Crippen LogP) is -1.36. The standard InChI is InChI=1S/C17H20N4O5/c1-11-8-21(17(26)20-15(11)24)9-14(23)19-13(10-22)16(25)18-7-12-5-3-2-4-6-12/h2-6,8,13,22H,7,9-10H2,1H3,(H,18,25)(H,19,23)(H,20,24,26). The molecule has 0 bridgehead atoms. The lowest BCUT2D eigenvalue weighted by molar-refractivity contribution is -0.130. The van der Waals surface area contributed by atoms with Crippen molar-refractivity contribution in [3.8, 4) is 0 Å². The van der Waals surface area contributed by atoms with E-state index < -0.39 is 35.7 Å². The Kier molecular flexibility index (Phi) is 6.45. The Bertz CT molecular complexity index is 888. The summed E-state index contributed by atoms with van der Waals surface area (Å²) in [7, 11) is 0. The molecule has 9 nitrogen and oxygen atoms in total. The molecule has 2 rings (SSSR count). The molecule has 1 aromatic heterocycles. The van der Waals surface area contributed by atoms with E-state index in [0.29, 0.717) is 0 Å². The highest BCUT2D eigenvalue weighted by molar-refractivity contribution is 5.87. The molecule has 4 N–H and O–H groups in total. The van der Waals surface area contributed by atoms with E-state index >= 15 is 0 Å². The lowest BCUT2D eigenvalue weighted by Crippen LogP contribution is -2.50. The average molecular weight is 360 g/mol. The normalized spacial score (nSPS) is 11.6. The third kappa shape index (κ3) is 5.15. The van der Waals surface area contributed by atoms with Crippen LogP contribution in [0.4, 0.5) is 0 Å². The van der Waals surface area contributed by atoms with Gasteiger partial charge in [0.1, 0.15) is 12.6 Å². The Labute approximate surface area is 148 Å². The smallest absolute Gasteiger partial charge is 0.328 e. The van der Waals surface area contributed by atoms with Gasteiger partial charge in [-0.05, 0) is 12.5 Å². The second-order valence-corrected chi connectivity index (χ2v) is 5.71. The Balaban J connectivity index is 1.95. The number of aryl methyl sites for hydroxylation is 1. The molecule has 9 heteroatoms. The van der Waals surface area contributed by atoms with Crippen molar-refractivity contribution in [3.05, 3.63) is 68.5 Å². The Hall–Kier alpha value is -3.20. The van der Waals surface area contributed by atoms with Crippen molar-refractivity contribution in [2.75, 3.05) is 6.61 Å². The van der Waals surface area contributed by atoms with E-state index in [-0.39, 0.29) is 18.7 Å². The highest BCUT2D eigenvalue weighted by atomic mass is 16.3. The number of hydrogen-bond donors (Lipinski definition) is 4. The van der Waals surface area contributed by atoms with Crippen LogP contribution in [-0.4, -0.2) is 39.1 Å². The van der Waals surface area contributed by atoms with Crippen LogP contribution in [0.3, 0.4) is 0 Å². The number of aromatic nitrogens is 2. The number of carbonyl (C=O) groups is 2. The molecule has 0 saturated carbocycles. The van der Waals surface area contributed by atoms with Crippen molar-refractivity contribution in [3.63, 3.8) is 0 Å². The third-order valence-electron chi connectivity index (χ3n) is 3.65. The summed E-state index contributed by atoms with van der Waals surface area (Å²) in [6.07, 6.45) is 1.25. The molecule has 1 unspecified atom stereocenters. The number of nitrogens with zero attached hydrogens (tertiary/aromatic N) is 1. The Morgan fingerprint density at radius 1 is 1.23 bits per heavy atom. The highest BCUT2D eigenvalue weighted by Crippen LogP contribution is 1.97. The van der Waals surface area contributed by atoms with Crippen LogP contribution in [0.25, 0.3) is 0 Å². The molecular weight excluding hydrogens is 340 g/mol. The van der Waals surface area contributed by atoms with Gasteiger partial charge in [0.2, 0.25) is 11.8 Å². The van der Waals surface area contributed by atoms with E-state index in [0.717, 1.165) is 10.1 Å². The SMILES string of the molecule is Cc1cn(CC(=O)NC(CO)C(=O)NCc2ccccc2)c(=O)[nH]c1=O. The molecule has 1 aromatic carbocycles. The van der Waals surface area contributed by atoms with Crippen LogP contribution in [-0.2, 0) is 22.7 Å². The molecular formula is C17H20N4O5. The second-order valence-electron chi connectivity index (χ2n) is 5.71. The second kappa shape index (κ2) is 8.77. The molecule has 138 valence electrons. The van der Waals surface area contributed by atoms with Crippen LogP contribution < -0.4 is 21.9 Å². The lowest BCUT2D eigenvalue weighted by atomic mass is 10.2. The molecule has 0 aliphatic heterocycles.